The molecule has 1 N–H and O–H groups in total. The van der Waals surface area contributed by atoms with Crippen LogP contribution in [0, 0.1) is 6.92 Å². The van der Waals surface area contributed by atoms with Crippen molar-refractivity contribution in [3.8, 4) is 16.9 Å². The molecule has 4 aromatic rings. The third kappa shape index (κ3) is 4.77. The molecule has 0 saturated heterocycles. The Morgan fingerprint density at radius 1 is 0.939 bits per heavy atom. The second-order valence-corrected chi connectivity index (χ2v) is 7.57. The molecule has 7 nitrogen and oxygen atoms in total. The molecule has 0 spiro atoms. The molecule has 0 bridgehead atoms. The Kier molecular flexibility index (Phi) is 6.22. The number of hydrogen-bond acceptors (Lipinski definition) is 4. The van der Waals surface area contributed by atoms with E-state index in [-0.39, 0.29) is 5.91 Å². The van der Waals surface area contributed by atoms with Crippen LogP contribution in [0.3, 0.4) is 0 Å². The van der Waals surface area contributed by atoms with Gasteiger partial charge in [0.2, 0.25) is 0 Å². The predicted octanol–water partition coefficient (Wildman–Crippen LogP) is 5.30. The van der Waals surface area contributed by atoms with Crippen molar-refractivity contribution in [3.05, 3.63) is 96.2 Å². The SMILES string of the molecule is COC(=O)N(C)c1ccc(NC(=O)c2cn(-c3ccc(C)cc3)nc2-c2ccccc2)cc1. The molecule has 3 aromatic carbocycles. The van der Waals surface area contributed by atoms with Crippen LogP contribution in [0.1, 0.15) is 15.9 Å². The van der Waals surface area contributed by atoms with Crippen molar-refractivity contribution in [2.24, 2.45) is 0 Å². The lowest BCUT2D eigenvalue weighted by molar-refractivity contribution is 0.102. The van der Waals surface area contributed by atoms with Gasteiger partial charge in [0.25, 0.3) is 5.91 Å². The molecule has 0 aliphatic rings. The highest BCUT2D eigenvalue weighted by Crippen LogP contribution is 2.25. The van der Waals surface area contributed by atoms with Gasteiger partial charge in [-0.05, 0) is 43.3 Å². The monoisotopic (exact) mass is 440 g/mol. The van der Waals surface area contributed by atoms with Crippen LogP contribution in [0.2, 0.25) is 0 Å². The first-order chi connectivity index (χ1) is 16.0. The average Bonchev–Trinajstić information content (AvgIpc) is 3.30. The Balaban J connectivity index is 1.64. The Morgan fingerprint density at radius 3 is 2.24 bits per heavy atom. The van der Waals surface area contributed by atoms with Gasteiger partial charge in [0, 0.05) is 30.2 Å². The second kappa shape index (κ2) is 9.40. The van der Waals surface area contributed by atoms with Gasteiger partial charge in [-0.2, -0.15) is 5.10 Å². The molecule has 7 heteroatoms. The molecular formula is C26H24N4O3. The summed E-state index contributed by atoms with van der Waals surface area (Å²) >= 11 is 0. The molecule has 1 aromatic heterocycles. The fourth-order valence-corrected chi connectivity index (χ4v) is 3.39. The van der Waals surface area contributed by atoms with Crippen molar-refractivity contribution in [1.29, 1.82) is 0 Å². The summed E-state index contributed by atoms with van der Waals surface area (Å²) in [5, 5.41) is 7.63. The van der Waals surface area contributed by atoms with E-state index in [0.29, 0.717) is 22.6 Å². The minimum Gasteiger partial charge on any atom is -0.452 e. The number of carbonyl (C=O) groups is 2. The number of aryl methyl sites for hydroxylation is 1. The van der Waals surface area contributed by atoms with Crippen molar-refractivity contribution >= 4 is 23.4 Å². The van der Waals surface area contributed by atoms with Gasteiger partial charge < -0.3 is 10.1 Å². The molecule has 0 aliphatic heterocycles. The number of anilines is 2. The highest BCUT2D eigenvalue weighted by Gasteiger charge is 2.19. The lowest BCUT2D eigenvalue weighted by atomic mass is 10.1. The molecule has 0 aliphatic carbocycles. The first-order valence-electron chi connectivity index (χ1n) is 10.4. The quantitative estimate of drug-likeness (QED) is 0.457. The first kappa shape index (κ1) is 21.8. The molecule has 0 fully saturated rings. The molecule has 0 unspecified atom stereocenters. The summed E-state index contributed by atoms with van der Waals surface area (Å²) in [4.78, 5) is 26.3. The van der Waals surface area contributed by atoms with E-state index in [0.717, 1.165) is 16.8 Å². The number of methoxy groups -OCH3 is 1. The van der Waals surface area contributed by atoms with Gasteiger partial charge in [-0.25, -0.2) is 9.48 Å². The molecule has 4 rings (SSSR count). The fraction of sp³-hybridized carbons (Fsp3) is 0.115. The highest BCUT2D eigenvalue weighted by atomic mass is 16.5. The van der Waals surface area contributed by atoms with E-state index in [2.05, 4.69) is 5.32 Å². The number of ether oxygens (including phenoxy) is 1. The Morgan fingerprint density at radius 2 is 1.61 bits per heavy atom. The molecule has 0 radical (unpaired) electrons. The van der Waals surface area contributed by atoms with Crippen LogP contribution in [0.5, 0.6) is 0 Å². The van der Waals surface area contributed by atoms with E-state index in [4.69, 9.17) is 9.84 Å². The maximum absolute atomic E-state index is 13.2. The van der Waals surface area contributed by atoms with Gasteiger partial charge in [-0.1, -0.05) is 48.0 Å². The smallest absolute Gasteiger partial charge is 0.413 e. The Hall–Kier alpha value is -4.39. The minimum atomic E-state index is -0.470. The number of carbonyl (C=O) groups excluding carboxylic acids is 2. The maximum atomic E-state index is 13.2. The summed E-state index contributed by atoms with van der Waals surface area (Å²) in [5.41, 5.74) is 5.17. The summed E-state index contributed by atoms with van der Waals surface area (Å²) in [5.74, 6) is -0.277. The summed E-state index contributed by atoms with van der Waals surface area (Å²) in [6, 6.07) is 24.5. The summed E-state index contributed by atoms with van der Waals surface area (Å²) in [6.07, 6.45) is 1.27. The topological polar surface area (TPSA) is 76.5 Å². The van der Waals surface area contributed by atoms with Crippen molar-refractivity contribution < 1.29 is 14.3 Å². The lowest BCUT2D eigenvalue weighted by Gasteiger charge is -2.16. The maximum Gasteiger partial charge on any atom is 0.413 e. The van der Waals surface area contributed by atoms with Gasteiger partial charge in [0.15, 0.2) is 0 Å². The van der Waals surface area contributed by atoms with Crippen LogP contribution in [0.15, 0.2) is 85.1 Å². The summed E-state index contributed by atoms with van der Waals surface area (Å²) in [7, 11) is 2.94. The van der Waals surface area contributed by atoms with Crippen LogP contribution in [0.25, 0.3) is 16.9 Å². The molecule has 0 atom stereocenters. The Bertz CT molecular complexity index is 1260. The number of nitrogens with zero attached hydrogens (tertiary/aromatic N) is 3. The standard InChI is InChI=1S/C26H24N4O3/c1-18-9-13-22(14-10-18)30-17-23(24(28-30)19-7-5-4-6-8-19)25(31)27-20-11-15-21(16-12-20)29(2)26(32)33-3/h4-17H,1-3H3,(H,27,31). The first-order valence-corrected chi connectivity index (χ1v) is 10.4. The zero-order chi connectivity index (χ0) is 23.4. The van der Waals surface area contributed by atoms with E-state index in [1.165, 1.54) is 12.0 Å². The van der Waals surface area contributed by atoms with Crippen LogP contribution >= 0.6 is 0 Å². The van der Waals surface area contributed by atoms with Crippen molar-refractivity contribution in [3.63, 3.8) is 0 Å². The lowest BCUT2D eigenvalue weighted by Crippen LogP contribution is -2.25. The largest absolute Gasteiger partial charge is 0.452 e. The minimum absolute atomic E-state index is 0.277. The normalized spacial score (nSPS) is 10.5. The number of rotatable bonds is 5. The van der Waals surface area contributed by atoms with Crippen LogP contribution in [0.4, 0.5) is 16.2 Å². The zero-order valence-corrected chi connectivity index (χ0v) is 18.6. The number of hydrogen-bond donors (Lipinski definition) is 1. The molecular weight excluding hydrogens is 416 g/mol. The highest BCUT2D eigenvalue weighted by molar-refractivity contribution is 6.08. The predicted molar refractivity (Wildman–Crippen MR) is 129 cm³/mol. The molecule has 33 heavy (non-hydrogen) atoms. The molecule has 166 valence electrons. The fourth-order valence-electron chi connectivity index (χ4n) is 3.39. The van der Waals surface area contributed by atoms with E-state index in [1.807, 2.05) is 61.5 Å². The third-order valence-corrected chi connectivity index (χ3v) is 5.27. The van der Waals surface area contributed by atoms with Gasteiger partial charge in [0.1, 0.15) is 5.69 Å². The van der Waals surface area contributed by atoms with Crippen molar-refractivity contribution in [1.82, 2.24) is 9.78 Å². The third-order valence-electron chi connectivity index (χ3n) is 5.27. The average molecular weight is 441 g/mol. The number of benzene rings is 3. The number of aromatic nitrogens is 2. The van der Waals surface area contributed by atoms with E-state index < -0.39 is 6.09 Å². The van der Waals surface area contributed by atoms with Gasteiger partial charge in [-0.3, -0.25) is 9.69 Å². The second-order valence-electron chi connectivity index (χ2n) is 7.57. The summed E-state index contributed by atoms with van der Waals surface area (Å²) < 4.78 is 6.44. The zero-order valence-electron chi connectivity index (χ0n) is 18.6. The summed E-state index contributed by atoms with van der Waals surface area (Å²) in [6.45, 7) is 2.02. The van der Waals surface area contributed by atoms with Gasteiger partial charge in [0.05, 0.1) is 18.4 Å². The van der Waals surface area contributed by atoms with Crippen molar-refractivity contribution in [2.75, 3.05) is 24.4 Å². The molecule has 0 saturated carbocycles. The molecule has 2 amide bonds. The van der Waals surface area contributed by atoms with Crippen LogP contribution < -0.4 is 10.2 Å². The van der Waals surface area contributed by atoms with E-state index in [1.54, 1.807) is 42.2 Å². The molecule has 1 heterocycles. The number of nitrogens with one attached hydrogen (secondary N) is 1. The van der Waals surface area contributed by atoms with Gasteiger partial charge in [-0.15, -0.1) is 0 Å². The van der Waals surface area contributed by atoms with E-state index in [9.17, 15) is 9.59 Å². The van der Waals surface area contributed by atoms with Gasteiger partial charge >= 0.3 is 6.09 Å². The van der Waals surface area contributed by atoms with Crippen LogP contribution in [-0.2, 0) is 4.74 Å². The van der Waals surface area contributed by atoms with E-state index >= 15 is 0 Å². The van der Waals surface area contributed by atoms with Crippen molar-refractivity contribution in [2.45, 2.75) is 6.92 Å². The number of amides is 2. The Labute approximate surface area is 192 Å². The van der Waals surface area contributed by atoms with Crippen LogP contribution in [-0.4, -0.2) is 35.9 Å².